The first-order valence-electron chi connectivity index (χ1n) is 10.8. The smallest absolute Gasteiger partial charge is 0.169 e. The summed E-state index contributed by atoms with van der Waals surface area (Å²) in [6.45, 7) is 6.66. The third-order valence-electron chi connectivity index (χ3n) is 5.74. The number of rotatable bonds is 7. The summed E-state index contributed by atoms with van der Waals surface area (Å²) in [6.07, 6.45) is 8.91. The maximum atomic E-state index is 6.20. The van der Waals surface area contributed by atoms with E-state index in [9.17, 15) is 0 Å². The van der Waals surface area contributed by atoms with Gasteiger partial charge in [0.05, 0.1) is 13.2 Å². The van der Waals surface area contributed by atoms with Crippen molar-refractivity contribution in [1.29, 1.82) is 0 Å². The van der Waals surface area contributed by atoms with E-state index in [0.717, 1.165) is 62.5 Å². The number of halogens is 1. The largest absolute Gasteiger partial charge is 0.379 e. The molecule has 1 saturated heterocycles. The quantitative estimate of drug-likeness (QED) is 0.516. The number of thiocarbonyl (C=S) groups is 1. The monoisotopic (exact) mass is 423 g/mol. The molecular weight excluding hydrogens is 390 g/mol. The van der Waals surface area contributed by atoms with Gasteiger partial charge in [-0.2, -0.15) is 0 Å². The molecule has 0 unspecified atom stereocenters. The Morgan fingerprint density at radius 1 is 1.18 bits per heavy atom. The fraction of sp³-hybridized carbons (Fsp3) is 0.682. The molecular formula is C22H34ClN3OS. The van der Waals surface area contributed by atoms with Crippen LogP contribution in [0.2, 0.25) is 5.02 Å². The summed E-state index contributed by atoms with van der Waals surface area (Å²) < 4.78 is 5.45. The minimum absolute atomic E-state index is 0.524. The van der Waals surface area contributed by atoms with Gasteiger partial charge in [-0.15, -0.1) is 0 Å². The molecule has 1 heterocycles. The topological polar surface area (TPSA) is 27.7 Å². The first-order chi connectivity index (χ1) is 13.7. The number of nitrogens with zero attached hydrogens (tertiary/aromatic N) is 2. The standard InChI is InChI=1S/C22H34ClN3OS/c23-20-8-5-7-19(17-20)18-26(12-6-11-25-13-15-27-16-14-25)22(28)24-21-9-3-1-2-4-10-21/h5,7-8,17,21H,1-4,6,9-16,18H2,(H,24,28). The molecule has 28 heavy (non-hydrogen) atoms. The van der Waals surface area contributed by atoms with Crippen LogP contribution in [0.15, 0.2) is 24.3 Å². The molecule has 1 aromatic carbocycles. The van der Waals surface area contributed by atoms with Gasteiger partial charge in [0.1, 0.15) is 0 Å². The molecule has 1 aliphatic heterocycles. The second-order valence-corrected chi connectivity index (χ2v) is 8.82. The second-order valence-electron chi connectivity index (χ2n) is 8.00. The molecule has 0 radical (unpaired) electrons. The average Bonchev–Trinajstić information content (AvgIpc) is 2.97. The van der Waals surface area contributed by atoms with E-state index in [4.69, 9.17) is 28.6 Å². The van der Waals surface area contributed by atoms with Gasteiger partial charge >= 0.3 is 0 Å². The lowest BCUT2D eigenvalue weighted by molar-refractivity contribution is 0.0367. The van der Waals surface area contributed by atoms with E-state index >= 15 is 0 Å². The maximum Gasteiger partial charge on any atom is 0.169 e. The first-order valence-corrected chi connectivity index (χ1v) is 11.6. The fourth-order valence-electron chi connectivity index (χ4n) is 4.11. The summed E-state index contributed by atoms with van der Waals surface area (Å²) in [5.74, 6) is 0. The van der Waals surface area contributed by atoms with Crippen LogP contribution in [0, 0.1) is 0 Å². The van der Waals surface area contributed by atoms with Crippen LogP contribution in [0.5, 0.6) is 0 Å². The van der Waals surface area contributed by atoms with Gasteiger partial charge in [-0.1, -0.05) is 49.4 Å². The van der Waals surface area contributed by atoms with E-state index in [0.29, 0.717) is 6.04 Å². The Bertz CT molecular complexity index is 601. The molecule has 0 spiro atoms. The SMILES string of the molecule is S=C(NC1CCCCCC1)N(CCCN1CCOCC1)Cc1cccc(Cl)c1. The lowest BCUT2D eigenvalue weighted by Gasteiger charge is -2.31. The van der Waals surface area contributed by atoms with Crippen molar-refractivity contribution < 1.29 is 4.74 Å². The third kappa shape index (κ3) is 7.51. The molecule has 1 N–H and O–H groups in total. The first kappa shape index (κ1) is 21.8. The highest BCUT2D eigenvalue weighted by Crippen LogP contribution is 2.18. The van der Waals surface area contributed by atoms with Crippen LogP contribution in [0.3, 0.4) is 0 Å². The Morgan fingerprint density at radius 2 is 1.93 bits per heavy atom. The van der Waals surface area contributed by atoms with Crippen molar-refractivity contribution in [3.8, 4) is 0 Å². The molecule has 6 heteroatoms. The zero-order chi connectivity index (χ0) is 19.6. The van der Waals surface area contributed by atoms with Crippen LogP contribution >= 0.6 is 23.8 Å². The molecule has 1 saturated carbocycles. The average molecular weight is 424 g/mol. The molecule has 4 nitrogen and oxygen atoms in total. The Balaban J connectivity index is 1.56. The number of nitrogens with one attached hydrogen (secondary N) is 1. The molecule has 2 fully saturated rings. The van der Waals surface area contributed by atoms with Crippen molar-refractivity contribution in [2.24, 2.45) is 0 Å². The maximum absolute atomic E-state index is 6.20. The molecule has 156 valence electrons. The predicted molar refractivity (Wildman–Crippen MR) is 121 cm³/mol. The van der Waals surface area contributed by atoms with E-state index < -0.39 is 0 Å². The lowest BCUT2D eigenvalue weighted by Crippen LogP contribution is -2.45. The van der Waals surface area contributed by atoms with Crippen LogP contribution in [0.4, 0.5) is 0 Å². The van der Waals surface area contributed by atoms with Crippen LogP contribution in [-0.4, -0.2) is 60.3 Å². The Labute approximate surface area is 180 Å². The van der Waals surface area contributed by atoms with Gasteiger partial charge in [0, 0.05) is 43.8 Å². The van der Waals surface area contributed by atoms with Gasteiger partial charge in [0.15, 0.2) is 5.11 Å². The van der Waals surface area contributed by atoms with Crippen molar-refractivity contribution in [2.75, 3.05) is 39.4 Å². The van der Waals surface area contributed by atoms with Crippen molar-refractivity contribution >= 4 is 28.9 Å². The normalized spacial score (nSPS) is 19.2. The molecule has 0 aromatic heterocycles. The highest BCUT2D eigenvalue weighted by molar-refractivity contribution is 7.80. The van der Waals surface area contributed by atoms with Gasteiger partial charge in [-0.25, -0.2) is 0 Å². The fourth-order valence-corrected chi connectivity index (χ4v) is 4.64. The third-order valence-corrected chi connectivity index (χ3v) is 6.35. The minimum Gasteiger partial charge on any atom is -0.379 e. The summed E-state index contributed by atoms with van der Waals surface area (Å²) in [6, 6.07) is 8.65. The Kier molecular flexibility index (Phi) is 9.32. The number of benzene rings is 1. The van der Waals surface area contributed by atoms with Crippen molar-refractivity contribution in [3.63, 3.8) is 0 Å². The summed E-state index contributed by atoms with van der Waals surface area (Å²) >= 11 is 12.1. The van der Waals surface area contributed by atoms with Crippen molar-refractivity contribution in [2.45, 2.75) is 57.5 Å². The number of morpholine rings is 1. The van der Waals surface area contributed by atoms with Gasteiger partial charge in [-0.3, -0.25) is 4.90 Å². The molecule has 2 aliphatic rings. The predicted octanol–water partition coefficient (Wildman–Crippen LogP) is 4.46. The molecule has 0 bridgehead atoms. The van der Waals surface area contributed by atoms with E-state index in [1.807, 2.05) is 18.2 Å². The van der Waals surface area contributed by atoms with Gasteiger partial charge in [0.2, 0.25) is 0 Å². The zero-order valence-corrected chi connectivity index (χ0v) is 18.4. The van der Waals surface area contributed by atoms with Crippen LogP contribution < -0.4 is 5.32 Å². The van der Waals surface area contributed by atoms with Crippen LogP contribution in [-0.2, 0) is 11.3 Å². The van der Waals surface area contributed by atoms with Gasteiger partial charge < -0.3 is 15.0 Å². The summed E-state index contributed by atoms with van der Waals surface area (Å²) in [5.41, 5.74) is 1.21. The van der Waals surface area contributed by atoms with Gasteiger partial charge in [-0.05, 0) is 49.2 Å². The Morgan fingerprint density at radius 3 is 2.64 bits per heavy atom. The summed E-state index contributed by atoms with van der Waals surface area (Å²) in [5, 5.41) is 5.36. The lowest BCUT2D eigenvalue weighted by atomic mass is 10.1. The molecule has 0 amide bonds. The van der Waals surface area contributed by atoms with Crippen molar-refractivity contribution in [3.05, 3.63) is 34.9 Å². The molecule has 1 aromatic rings. The van der Waals surface area contributed by atoms with Gasteiger partial charge in [0.25, 0.3) is 0 Å². The highest BCUT2D eigenvalue weighted by Gasteiger charge is 2.18. The van der Waals surface area contributed by atoms with Crippen molar-refractivity contribution in [1.82, 2.24) is 15.1 Å². The van der Waals surface area contributed by atoms with E-state index in [-0.39, 0.29) is 0 Å². The number of hydrogen-bond donors (Lipinski definition) is 1. The van der Waals surface area contributed by atoms with Crippen LogP contribution in [0.25, 0.3) is 0 Å². The molecule has 0 atom stereocenters. The molecule has 1 aliphatic carbocycles. The minimum atomic E-state index is 0.524. The summed E-state index contributed by atoms with van der Waals surface area (Å²) in [4.78, 5) is 4.81. The van der Waals surface area contributed by atoms with E-state index in [2.05, 4.69) is 21.2 Å². The second kappa shape index (κ2) is 12.0. The highest BCUT2D eigenvalue weighted by atomic mass is 35.5. The van der Waals surface area contributed by atoms with Crippen LogP contribution in [0.1, 0.15) is 50.5 Å². The zero-order valence-electron chi connectivity index (χ0n) is 16.9. The Hall–Kier alpha value is -0.880. The van der Waals surface area contributed by atoms with E-state index in [1.54, 1.807) is 0 Å². The number of hydrogen-bond acceptors (Lipinski definition) is 3. The van der Waals surface area contributed by atoms with E-state index in [1.165, 1.54) is 44.1 Å². The molecule has 3 rings (SSSR count). The summed E-state index contributed by atoms with van der Waals surface area (Å²) in [7, 11) is 0. The number of ether oxygens (including phenoxy) is 1.